The summed E-state index contributed by atoms with van der Waals surface area (Å²) in [6.45, 7) is 2.76. The molecule has 1 aliphatic rings. The molecule has 5 nitrogen and oxygen atoms in total. The zero-order valence-corrected chi connectivity index (χ0v) is 15.2. The highest BCUT2D eigenvalue weighted by Crippen LogP contribution is 2.32. The summed E-state index contributed by atoms with van der Waals surface area (Å²) >= 11 is 5.94. The Balaban J connectivity index is 1.63. The molecule has 0 N–H and O–H groups in total. The largest absolute Gasteiger partial charge is 0.416 e. The molecule has 1 aliphatic heterocycles. The molecular weight excluding hydrogens is 383 g/mol. The van der Waals surface area contributed by atoms with Crippen molar-refractivity contribution >= 4 is 23.6 Å². The van der Waals surface area contributed by atoms with Gasteiger partial charge in [-0.25, -0.2) is 0 Å². The number of nitrogens with zero attached hydrogens (tertiary/aromatic N) is 3. The Morgan fingerprint density at radius 2 is 2.04 bits per heavy atom. The number of aryl methyl sites for hydroxylation is 1. The fraction of sp³-hybridized carbons (Fsp3) is 0.389. The molecule has 0 radical (unpaired) electrons. The molecule has 1 saturated heterocycles. The van der Waals surface area contributed by atoms with Crippen LogP contribution in [0.4, 0.5) is 13.2 Å². The van der Waals surface area contributed by atoms with E-state index in [0.29, 0.717) is 37.6 Å². The molecule has 0 spiro atoms. The molecule has 1 aromatic heterocycles. The molecule has 27 heavy (non-hydrogen) atoms. The lowest BCUT2D eigenvalue weighted by Gasteiger charge is -2.29. The van der Waals surface area contributed by atoms with Crippen LogP contribution in [0.2, 0.25) is 5.02 Å². The van der Waals surface area contributed by atoms with Gasteiger partial charge in [-0.1, -0.05) is 16.8 Å². The van der Waals surface area contributed by atoms with Gasteiger partial charge in [0.05, 0.1) is 5.56 Å². The number of hydrogen-bond donors (Lipinski definition) is 0. The average Bonchev–Trinajstić information content (AvgIpc) is 3.06. The van der Waals surface area contributed by atoms with E-state index in [4.69, 9.17) is 16.1 Å². The van der Waals surface area contributed by atoms with Crippen molar-refractivity contribution in [2.24, 2.45) is 0 Å². The van der Waals surface area contributed by atoms with Crippen molar-refractivity contribution in [3.8, 4) is 0 Å². The SMILES string of the molecule is Cc1noc(C2CCN(C(=O)C=Cc3cc(C(F)(F)F)ccc3Cl)CC2)n1. The van der Waals surface area contributed by atoms with E-state index in [1.165, 1.54) is 18.2 Å². The first-order valence-corrected chi connectivity index (χ1v) is 8.76. The van der Waals surface area contributed by atoms with Crippen LogP contribution in [0.1, 0.15) is 41.6 Å². The number of carbonyl (C=O) groups is 1. The molecule has 1 fully saturated rings. The fourth-order valence-electron chi connectivity index (χ4n) is 2.94. The molecule has 0 atom stereocenters. The first-order valence-electron chi connectivity index (χ1n) is 8.38. The predicted molar refractivity (Wildman–Crippen MR) is 93.1 cm³/mol. The van der Waals surface area contributed by atoms with Crippen LogP contribution >= 0.6 is 11.6 Å². The number of benzene rings is 1. The zero-order chi connectivity index (χ0) is 19.6. The van der Waals surface area contributed by atoms with Crippen molar-refractivity contribution in [3.05, 3.63) is 52.1 Å². The number of piperidine rings is 1. The number of alkyl halides is 3. The van der Waals surface area contributed by atoms with E-state index in [-0.39, 0.29) is 22.4 Å². The third kappa shape index (κ3) is 4.68. The average molecular weight is 400 g/mol. The van der Waals surface area contributed by atoms with Crippen molar-refractivity contribution in [2.45, 2.75) is 31.9 Å². The third-order valence-corrected chi connectivity index (χ3v) is 4.77. The van der Waals surface area contributed by atoms with Crippen LogP contribution in [0.15, 0.2) is 28.8 Å². The van der Waals surface area contributed by atoms with E-state index in [0.717, 1.165) is 12.1 Å². The molecule has 144 valence electrons. The predicted octanol–water partition coefficient (Wildman–Crippen LogP) is 4.47. The molecule has 1 aromatic carbocycles. The van der Waals surface area contributed by atoms with Crippen molar-refractivity contribution < 1.29 is 22.5 Å². The van der Waals surface area contributed by atoms with Gasteiger partial charge in [0.15, 0.2) is 5.82 Å². The number of hydrogen-bond acceptors (Lipinski definition) is 4. The van der Waals surface area contributed by atoms with E-state index in [1.54, 1.807) is 11.8 Å². The topological polar surface area (TPSA) is 59.2 Å². The first kappa shape index (κ1) is 19.4. The first-order chi connectivity index (χ1) is 12.7. The normalized spacial score (nSPS) is 16.3. The van der Waals surface area contributed by atoms with Gasteiger partial charge in [0, 0.05) is 30.1 Å². The van der Waals surface area contributed by atoms with Gasteiger partial charge < -0.3 is 9.42 Å². The van der Waals surface area contributed by atoms with E-state index in [9.17, 15) is 18.0 Å². The zero-order valence-electron chi connectivity index (χ0n) is 14.5. The highest BCUT2D eigenvalue weighted by atomic mass is 35.5. The molecule has 9 heteroatoms. The van der Waals surface area contributed by atoms with Crippen LogP contribution < -0.4 is 0 Å². The lowest BCUT2D eigenvalue weighted by molar-refractivity contribution is -0.137. The number of halogens is 4. The van der Waals surface area contributed by atoms with Gasteiger partial charge in [-0.05, 0) is 49.6 Å². The van der Waals surface area contributed by atoms with Crippen molar-refractivity contribution in [2.75, 3.05) is 13.1 Å². The standard InChI is InChI=1S/C18H17ClF3N3O2/c1-11-23-17(27-24-11)12-6-8-25(9-7-12)16(26)5-2-13-10-14(18(20,21)22)3-4-15(13)19/h2-5,10,12H,6-9H2,1H3. The number of likely N-dealkylation sites (tertiary alicyclic amines) is 1. The molecule has 2 aromatic rings. The summed E-state index contributed by atoms with van der Waals surface area (Å²) in [5, 5.41) is 3.92. The summed E-state index contributed by atoms with van der Waals surface area (Å²) < 4.78 is 43.6. The number of amides is 1. The second kappa shape index (κ2) is 7.72. The van der Waals surface area contributed by atoms with Gasteiger partial charge in [-0.2, -0.15) is 18.2 Å². The van der Waals surface area contributed by atoms with Crippen molar-refractivity contribution in [1.82, 2.24) is 15.0 Å². The Hall–Kier alpha value is -2.35. The van der Waals surface area contributed by atoms with Gasteiger partial charge >= 0.3 is 6.18 Å². The van der Waals surface area contributed by atoms with Crippen LogP contribution in [-0.4, -0.2) is 34.0 Å². The van der Waals surface area contributed by atoms with E-state index < -0.39 is 11.7 Å². The minimum Gasteiger partial charge on any atom is -0.339 e. The minimum absolute atomic E-state index is 0.108. The highest BCUT2D eigenvalue weighted by Gasteiger charge is 2.31. The summed E-state index contributed by atoms with van der Waals surface area (Å²) in [7, 11) is 0. The molecular formula is C18H17ClF3N3O2. The minimum atomic E-state index is -4.47. The summed E-state index contributed by atoms with van der Waals surface area (Å²) in [4.78, 5) is 18.2. The second-order valence-electron chi connectivity index (χ2n) is 6.35. The number of rotatable bonds is 3. The molecule has 2 heterocycles. The Labute approximate surface area is 158 Å². The summed E-state index contributed by atoms with van der Waals surface area (Å²) in [6, 6.07) is 3.01. The molecule has 0 unspecified atom stereocenters. The molecule has 1 amide bonds. The Bertz CT molecular complexity index is 856. The van der Waals surface area contributed by atoms with Crippen molar-refractivity contribution in [3.63, 3.8) is 0 Å². The van der Waals surface area contributed by atoms with Gasteiger partial charge in [-0.3, -0.25) is 4.79 Å². The maximum absolute atomic E-state index is 12.8. The Morgan fingerprint density at radius 1 is 1.33 bits per heavy atom. The number of carbonyl (C=O) groups excluding carboxylic acids is 1. The van der Waals surface area contributed by atoms with Gasteiger partial charge in [0.1, 0.15) is 0 Å². The lowest BCUT2D eigenvalue weighted by Crippen LogP contribution is -2.36. The molecule has 3 rings (SSSR count). The van der Waals surface area contributed by atoms with E-state index >= 15 is 0 Å². The van der Waals surface area contributed by atoms with Gasteiger partial charge in [0.25, 0.3) is 0 Å². The monoisotopic (exact) mass is 399 g/mol. The van der Waals surface area contributed by atoms with Crippen molar-refractivity contribution in [1.29, 1.82) is 0 Å². The lowest BCUT2D eigenvalue weighted by atomic mass is 9.96. The smallest absolute Gasteiger partial charge is 0.339 e. The van der Waals surface area contributed by atoms with Crippen LogP contribution in [-0.2, 0) is 11.0 Å². The maximum Gasteiger partial charge on any atom is 0.416 e. The summed E-state index contributed by atoms with van der Waals surface area (Å²) in [5.41, 5.74) is -0.661. The van der Waals surface area contributed by atoms with E-state index in [1.807, 2.05) is 0 Å². The fourth-order valence-corrected chi connectivity index (χ4v) is 3.12. The highest BCUT2D eigenvalue weighted by molar-refractivity contribution is 6.32. The Kier molecular flexibility index (Phi) is 5.55. The summed E-state index contributed by atoms with van der Waals surface area (Å²) in [6.07, 6.45) is -0.533. The van der Waals surface area contributed by atoms with Crippen LogP contribution in [0, 0.1) is 6.92 Å². The van der Waals surface area contributed by atoms with Gasteiger partial charge in [-0.15, -0.1) is 0 Å². The Morgan fingerprint density at radius 3 is 2.63 bits per heavy atom. The summed E-state index contributed by atoms with van der Waals surface area (Å²) in [5.74, 6) is 0.982. The molecule has 0 aliphatic carbocycles. The second-order valence-corrected chi connectivity index (χ2v) is 6.75. The van der Waals surface area contributed by atoms with Crippen LogP contribution in [0.5, 0.6) is 0 Å². The van der Waals surface area contributed by atoms with Gasteiger partial charge in [0.2, 0.25) is 11.8 Å². The maximum atomic E-state index is 12.8. The number of aromatic nitrogens is 2. The quantitative estimate of drug-likeness (QED) is 0.714. The van der Waals surface area contributed by atoms with Crippen LogP contribution in [0.3, 0.4) is 0 Å². The van der Waals surface area contributed by atoms with Crippen LogP contribution in [0.25, 0.3) is 6.08 Å². The third-order valence-electron chi connectivity index (χ3n) is 4.43. The molecule has 0 saturated carbocycles. The molecule has 0 bridgehead atoms. The van der Waals surface area contributed by atoms with E-state index in [2.05, 4.69) is 10.1 Å².